The zero-order valence-corrected chi connectivity index (χ0v) is 11.7. The molecule has 8 heteroatoms. The van der Waals surface area contributed by atoms with Crippen molar-refractivity contribution >= 4 is 17.5 Å². The molecule has 2 rings (SSSR count). The standard InChI is InChI=1S/C14H16F3N3O2/c15-9-3-4-10(13(17)12(9)16)20-11(21)7-19-14(22)8-2-1-5-18-6-8/h3-4,8,18H,1-2,5-7H2,(H,19,22)(H,20,21). The average Bonchev–Trinajstić information content (AvgIpc) is 2.54. The van der Waals surface area contributed by atoms with Gasteiger partial charge in [0.15, 0.2) is 17.5 Å². The Morgan fingerprint density at radius 3 is 2.68 bits per heavy atom. The van der Waals surface area contributed by atoms with Gasteiger partial charge in [0.1, 0.15) is 0 Å². The van der Waals surface area contributed by atoms with Gasteiger partial charge in [0.2, 0.25) is 11.8 Å². The van der Waals surface area contributed by atoms with Crippen LogP contribution in [0.4, 0.5) is 18.9 Å². The largest absolute Gasteiger partial charge is 0.347 e. The molecule has 1 heterocycles. The summed E-state index contributed by atoms with van der Waals surface area (Å²) in [5, 5.41) is 7.60. The second kappa shape index (κ2) is 7.26. The van der Waals surface area contributed by atoms with Gasteiger partial charge in [0, 0.05) is 6.54 Å². The monoisotopic (exact) mass is 315 g/mol. The van der Waals surface area contributed by atoms with E-state index in [1.807, 2.05) is 0 Å². The smallest absolute Gasteiger partial charge is 0.243 e. The van der Waals surface area contributed by atoms with Crippen LogP contribution in [0.5, 0.6) is 0 Å². The van der Waals surface area contributed by atoms with E-state index in [1.165, 1.54) is 0 Å². The summed E-state index contributed by atoms with van der Waals surface area (Å²) < 4.78 is 39.2. The Morgan fingerprint density at radius 1 is 1.23 bits per heavy atom. The molecule has 1 atom stereocenters. The molecule has 1 aliphatic heterocycles. The van der Waals surface area contributed by atoms with Crippen LogP contribution in [0, 0.1) is 23.4 Å². The van der Waals surface area contributed by atoms with Crippen LogP contribution in [-0.2, 0) is 9.59 Å². The number of amides is 2. The summed E-state index contributed by atoms with van der Waals surface area (Å²) in [5.41, 5.74) is -0.475. The highest BCUT2D eigenvalue weighted by atomic mass is 19.2. The van der Waals surface area contributed by atoms with E-state index >= 15 is 0 Å². The van der Waals surface area contributed by atoms with Crippen molar-refractivity contribution in [3.8, 4) is 0 Å². The maximum atomic E-state index is 13.4. The number of anilines is 1. The second-order valence-electron chi connectivity index (χ2n) is 5.03. The maximum Gasteiger partial charge on any atom is 0.243 e. The van der Waals surface area contributed by atoms with Gasteiger partial charge in [-0.3, -0.25) is 9.59 Å². The van der Waals surface area contributed by atoms with Crippen LogP contribution >= 0.6 is 0 Å². The Labute approximate surface area is 125 Å². The fourth-order valence-electron chi connectivity index (χ4n) is 2.20. The van der Waals surface area contributed by atoms with Crippen LogP contribution in [-0.4, -0.2) is 31.4 Å². The summed E-state index contributed by atoms with van der Waals surface area (Å²) in [5.74, 6) is -5.67. The molecule has 22 heavy (non-hydrogen) atoms. The second-order valence-corrected chi connectivity index (χ2v) is 5.03. The van der Waals surface area contributed by atoms with Crippen molar-refractivity contribution in [1.29, 1.82) is 0 Å². The third kappa shape index (κ3) is 3.97. The SMILES string of the molecule is O=C(CNC(=O)C1CCCNC1)Nc1ccc(F)c(F)c1F. The molecule has 2 amide bonds. The number of hydrogen-bond acceptors (Lipinski definition) is 3. The molecule has 1 saturated heterocycles. The fraction of sp³-hybridized carbons (Fsp3) is 0.429. The van der Waals surface area contributed by atoms with E-state index in [9.17, 15) is 22.8 Å². The summed E-state index contributed by atoms with van der Waals surface area (Å²) in [6, 6.07) is 1.62. The Kier molecular flexibility index (Phi) is 5.37. The highest BCUT2D eigenvalue weighted by Gasteiger charge is 2.21. The molecule has 1 unspecified atom stereocenters. The van der Waals surface area contributed by atoms with Gasteiger partial charge in [0.05, 0.1) is 18.2 Å². The molecule has 1 aliphatic rings. The molecule has 0 bridgehead atoms. The summed E-state index contributed by atoms with van der Waals surface area (Å²) in [6.45, 7) is 1.04. The molecule has 0 aliphatic carbocycles. The molecule has 5 nitrogen and oxygen atoms in total. The van der Waals surface area contributed by atoms with E-state index in [0.29, 0.717) is 12.6 Å². The van der Waals surface area contributed by atoms with Gasteiger partial charge in [0.25, 0.3) is 0 Å². The molecule has 1 aromatic rings. The molecule has 0 aromatic heterocycles. The quantitative estimate of drug-likeness (QED) is 0.730. The minimum absolute atomic E-state index is 0.207. The molecule has 3 N–H and O–H groups in total. The molecular formula is C14H16F3N3O2. The number of carbonyl (C=O) groups excluding carboxylic acids is 2. The minimum atomic E-state index is -1.66. The Morgan fingerprint density at radius 2 is 2.00 bits per heavy atom. The average molecular weight is 315 g/mol. The first-order valence-corrected chi connectivity index (χ1v) is 6.91. The summed E-state index contributed by atoms with van der Waals surface area (Å²) in [7, 11) is 0. The molecular weight excluding hydrogens is 299 g/mol. The number of carbonyl (C=O) groups is 2. The van der Waals surface area contributed by atoms with E-state index < -0.39 is 29.0 Å². The van der Waals surface area contributed by atoms with Crippen LogP contribution < -0.4 is 16.0 Å². The molecule has 0 saturated carbocycles. The van der Waals surface area contributed by atoms with Crippen LogP contribution in [0.25, 0.3) is 0 Å². The van der Waals surface area contributed by atoms with Crippen molar-refractivity contribution < 1.29 is 22.8 Å². The first kappa shape index (κ1) is 16.3. The third-order valence-corrected chi connectivity index (χ3v) is 3.40. The van der Waals surface area contributed by atoms with Crippen LogP contribution in [0.1, 0.15) is 12.8 Å². The van der Waals surface area contributed by atoms with Gasteiger partial charge < -0.3 is 16.0 Å². The lowest BCUT2D eigenvalue weighted by Crippen LogP contribution is -2.43. The minimum Gasteiger partial charge on any atom is -0.347 e. The Hall–Kier alpha value is -2.09. The molecule has 0 spiro atoms. The van der Waals surface area contributed by atoms with Crippen molar-refractivity contribution in [3.05, 3.63) is 29.6 Å². The first-order valence-electron chi connectivity index (χ1n) is 6.91. The highest BCUT2D eigenvalue weighted by molar-refractivity contribution is 5.94. The van der Waals surface area contributed by atoms with Gasteiger partial charge in [-0.2, -0.15) is 0 Å². The lowest BCUT2D eigenvalue weighted by Gasteiger charge is -2.21. The molecule has 1 fully saturated rings. The number of halogens is 3. The number of benzene rings is 1. The van der Waals surface area contributed by atoms with Crippen molar-refractivity contribution in [1.82, 2.24) is 10.6 Å². The van der Waals surface area contributed by atoms with Crippen molar-refractivity contribution in [2.75, 3.05) is 25.0 Å². The number of nitrogens with one attached hydrogen (secondary N) is 3. The number of hydrogen-bond donors (Lipinski definition) is 3. The van der Waals surface area contributed by atoms with Crippen molar-refractivity contribution in [3.63, 3.8) is 0 Å². The fourth-order valence-corrected chi connectivity index (χ4v) is 2.20. The van der Waals surface area contributed by atoms with Gasteiger partial charge in [-0.15, -0.1) is 0 Å². The van der Waals surface area contributed by atoms with Gasteiger partial charge >= 0.3 is 0 Å². The Bertz CT molecular complexity index is 575. The molecule has 0 radical (unpaired) electrons. The molecule has 120 valence electrons. The van der Waals surface area contributed by atoms with Gasteiger partial charge in [-0.25, -0.2) is 13.2 Å². The van der Waals surface area contributed by atoms with E-state index in [4.69, 9.17) is 0 Å². The van der Waals surface area contributed by atoms with Gasteiger partial charge in [-0.05, 0) is 31.5 Å². The van der Waals surface area contributed by atoms with Crippen molar-refractivity contribution in [2.24, 2.45) is 5.92 Å². The predicted molar refractivity (Wildman–Crippen MR) is 73.5 cm³/mol. The zero-order chi connectivity index (χ0) is 16.1. The summed E-state index contributed by atoms with van der Waals surface area (Å²) >= 11 is 0. The maximum absolute atomic E-state index is 13.4. The normalized spacial score (nSPS) is 17.9. The van der Waals surface area contributed by atoms with Crippen LogP contribution in [0.15, 0.2) is 12.1 Å². The molecule has 1 aromatic carbocycles. The highest BCUT2D eigenvalue weighted by Crippen LogP contribution is 2.19. The summed E-state index contributed by atoms with van der Waals surface area (Å²) in [6.07, 6.45) is 1.61. The topological polar surface area (TPSA) is 70.2 Å². The lowest BCUT2D eigenvalue weighted by molar-refractivity contribution is -0.127. The predicted octanol–water partition coefficient (Wildman–Crippen LogP) is 1.16. The van der Waals surface area contributed by atoms with Gasteiger partial charge in [-0.1, -0.05) is 0 Å². The van der Waals surface area contributed by atoms with E-state index in [0.717, 1.165) is 25.5 Å². The van der Waals surface area contributed by atoms with Crippen LogP contribution in [0.3, 0.4) is 0 Å². The van der Waals surface area contributed by atoms with Crippen molar-refractivity contribution in [2.45, 2.75) is 12.8 Å². The lowest BCUT2D eigenvalue weighted by atomic mass is 9.99. The van der Waals surface area contributed by atoms with E-state index in [-0.39, 0.29) is 18.4 Å². The Balaban J connectivity index is 1.85. The van der Waals surface area contributed by atoms with E-state index in [1.54, 1.807) is 0 Å². The summed E-state index contributed by atoms with van der Waals surface area (Å²) in [4.78, 5) is 23.4. The van der Waals surface area contributed by atoms with Crippen LogP contribution in [0.2, 0.25) is 0 Å². The number of rotatable bonds is 4. The van der Waals surface area contributed by atoms with E-state index in [2.05, 4.69) is 16.0 Å². The number of piperidine rings is 1. The first-order chi connectivity index (χ1) is 10.5. The zero-order valence-electron chi connectivity index (χ0n) is 11.7. The third-order valence-electron chi connectivity index (χ3n) is 3.40.